The summed E-state index contributed by atoms with van der Waals surface area (Å²) in [6.45, 7) is 11.1. The third-order valence-corrected chi connectivity index (χ3v) is 12.6. The Labute approximate surface area is 163 Å². The Balaban J connectivity index is 1.89. The lowest BCUT2D eigenvalue weighted by Gasteiger charge is -2.59. The SMILES string of the molecule is CN1C(=O)[C@]23C=C[C@H]1[C@@H]1C=C[C@@]2(CC[C@H]3O[Si](C)(C)C(C)(C)C)N(C)C1=O. The number of hydrogen-bond acceptors (Lipinski definition) is 3. The minimum Gasteiger partial charge on any atom is -0.412 e. The molecule has 0 aromatic heterocycles. The normalized spacial score (nSPS) is 40.6. The molecule has 1 saturated heterocycles. The fourth-order valence-electron chi connectivity index (χ4n) is 5.37. The molecule has 1 saturated carbocycles. The first-order valence-electron chi connectivity index (χ1n) is 10.0. The summed E-state index contributed by atoms with van der Waals surface area (Å²) in [5.74, 6) is -0.0713. The van der Waals surface area contributed by atoms with E-state index in [1.807, 2.05) is 25.1 Å². The van der Waals surface area contributed by atoms with Crippen LogP contribution in [-0.4, -0.2) is 61.7 Å². The van der Waals surface area contributed by atoms with Gasteiger partial charge in [0.1, 0.15) is 5.41 Å². The fourth-order valence-corrected chi connectivity index (χ4v) is 6.73. The van der Waals surface area contributed by atoms with Crippen molar-refractivity contribution in [2.24, 2.45) is 11.3 Å². The summed E-state index contributed by atoms with van der Waals surface area (Å²) < 4.78 is 6.86. The first-order valence-corrected chi connectivity index (χ1v) is 12.9. The van der Waals surface area contributed by atoms with Crippen LogP contribution < -0.4 is 0 Å². The van der Waals surface area contributed by atoms with Crippen molar-refractivity contribution in [3.05, 3.63) is 24.3 Å². The van der Waals surface area contributed by atoms with Gasteiger partial charge in [-0.2, -0.15) is 0 Å². The van der Waals surface area contributed by atoms with Crippen molar-refractivity contribution < 1.29 is 14.0 Å². The summed E-state index contributed by atoms with van der Waals surface area (Å²) in [6, 6.07) is -0.207. The standard InChI is InChI=1S/C21H32N2O3Si/c1-19(2,3)27(6,7)26-16-10-12-20-11-8-14(17(24)23(20)5)15-9-13-21(16,20)18(25)22(15)4/h8-9,11,13-16H,10,12H2,1-7H3/t14-,15-,16+,20-,21+/m0/s1. The molecule has 5 aliphatic heterocycles. The van der Waals surface area contributed by atoms with Gasteiger partial charge in [-0.15, -0.1) is 0 Å². The van der Waals surface area contributed by atoms with E-state index in [0.717, 1.165) is 12.8 Å². The summed E-state index contributed by atoms with van der Waals surface area (Å²) >= 11 is 0. The predicted molar refractivity (Wildman–Crippen MR) is 108 cm³/mol. The van der Waals surface area contributed by atoms with Gasteiger partial charge in [-0.05, 0) is 31.0 Å². The molecule has 5 heterocycles. The van der Waals surface area contributed by atoms with Crippen molar-refractivity contribution >= 4 is 20.1 Å². The first-order chi connectivity index (χ1) is 12.4. The van der Waals surface area contributed by atoms with E-state index in [1.54, 1.807) is 4.90 Å². The molecule has 7 rings (SSSR count). The average molecular weight is 389 g/mol. The van der Waals surface area contributed by atoms with E-state index >= 15 is 0 Å². The third-order valence-electron chi connectivity index (χ3n) is 8.09. The minimum atomic E-state index is -2.08. The Morgan fingerprint density at radius 1 is 1.15 bits per heavy atom. The monoisotopic (exact) mass is 388 g/mol. The van der Waals surface area contributed by atoms with Crippen LogP contribution in [0, 0.1) is 11.3 Å². The van der Waals surface area contributed by atoms with E-state index in [1.165, 1.54) is 0 Å². The summed E-state index contributed by atoms with van der Waals surface area (Å²) in [5, 5.41) is 0.0616. The minimum absolute atomic E-state index is 0.0616. The number of carbonyl (C=O) groups is 2. The lowest BCUT2D eigenvalue weighted by molar-refractivity contribution is -0.165. The molecule has 0 aromatic rings. The van der Waals surface area contributed by atoms with E-state index < -0.39 is 19.3 Å². The molecule has 4 bridgehead atoms. The van der Waals surface area contributed by atoms with Gasteiger partial charge in [0.15, 0.2) is 8.32 Å². The van der Waals surface area contributed by atoms with E-state index in [2.05, 4.69) is 52.1 Å². The zero-order chi connectivity index (χ0) is 20.0. The molecule has 0 aromatic carbocycles. The third kappa shape index (κ3) is 2.09. The molecule has 2 aliphatic carbocycles. The Morgan fingerprint density at radius 3 is 2.44 bits per heavy atom. The van der Waals surface area contributed by atoms with E-state index in [0.29, 0.717) is 0 Å². The maximum atomic E-state index is 13.8. The Bertz CT molecular complexity index is 768. The number of hydrogen-bond donors (Lipinski definition) is 0. The van der Waals surface area contributed by atoms with Crippen molar-refractivity contribution in [1.82, 2.24) is 9.80 Å². The lowest BCUT2D eigenvalue weighted by atomic mass is 9.61. The maximum Gasteiger partial charge on any atom is 0.238 e. The van der Waals surface area contributed by atoms with Crippen molar-refractivity contribution in [1.29, 1.82) is 0 Å². The van der Waals surface area contributed by atoms with Gasteiger partial charge in [0.05, 0.1) is 23.6 Å². The summed E-state index contributed by atoms with van der Waals surface area (Å²) in [4.78, 5) is 30.6. The van der Waals surface area contributed by atoms with Gasteiger partial charge in [0.25, 0.3) is 0 Å². The van der Waals surface area contributed by atoms with Crippen LogP contribution >= 0.6 is 0 Å². The predicted octanol–water partition coefficient (Wildman–Crippen LogP) is 2.95. The van der Waals surface area contributed by atoms with Gasteiger partial charge >= 0.3 is 0 Å². The highest BCUT2D eigenvalue weighted by Gasteiger charge is 2.71. The zero-order valence-corrected chi connectivity index (χ0v) is 18.6. The molecule has 5 nitrogen and oxygen atoms in total. The van der Waals surface area contributed by atoms with E-state index in [-0.39, 0.29) is 34.9 Å². The summed E-state index contributed by atoms with van der Waals surface area (Å²) in [5.41, 5.74) is -1.46. The van der Waals surface area contributed by atoms with Crippen LogP contribution in [0.1, 0.15) is 33.6 Å². The van der Waals surface area contributed by atoms with Gasteiger partial charge in [0.2, 0.25) is 11.8 Å². The van der Waals surface area contributed by atoms with Crippen LogP contribution in [0.25, 0.3) is 0 Å². The smallest absolute Gasteiger partial charge is 0.238 e. The lowest BCUT2D eigenvalue weighted by Crippen LogP contribution is -2.73. The molecule has 0 unspecified atom stereocenters. The first kappa shape index (κ1) is 18.9. The second-order valence-corrected chi connectivity index (χ2v) is 15.0. The molecule has 2 fully saturated rings. The molecule has 148 valence electrons. The Hall–Kier alpha value is -1.40. The van der Waals surface area contributed by atoms with Crippen molar-refractivity contribution in [3.8, 4) is 0 Å². The summed E-state index contributed by atoms with van der Waals surface area (Å²) in [6.07, 6.45) is 9.71. The quantitative estimate of drug-likeness (QED) is 0.540. The van der Waals surface area contributed by atoms with Gasteiger partial charge < -0.3 is 14.2 Å². The maximum absolute atomic E-state index is 13.8. The number of rotatable bonds is 2. The highest BCUT2D eigenvalue weighted by Crippen LogP contribution is 2.60. The van der Waals surface area contributed by atoms with Crippen molar-refractivity contribution in [2.45, 2.75) is 69.4 Å². The molecular weight excluding hydrogens is 356 g/mol. The highest BCUT2D eigenvalue weighted by molar-refractivity contribution is 6.74. The molecule has 2 spiro atoms. The number of likely N-dealkylation sites (N-methyl/N-ethyl adjacent to an activating group) is 2. The van der Waals surface area contributed by atoms with E-state index in [9.17, 15) is 9.59 Å². The number of nitrogens with zero attached hydrogens (tertiary/aromatic N) is 2. The van der Waals surface area contributed by atoms with E-state index in [4.69, 9.17) is 4.43 Å². The topological polar surface area (TPSA) is 49.9 Å². The van der Waals surface area contributed by atoms with Crippen LogP contribution in [-0.2, 0) is 14.0 Å². The zero-order valence-electron chi connectivity index (χ0n) is 17.6. The second-order valence-electron chi connectivity index (χ2n) is 10.2. The molecule has 0 radical (unpaired) electrons. The fraction of sp³-hybridized carbons (Fsp3) is 0.714. The molecule has 2 amide bonds. The van der Waals surface area contributed by atoms with Gasteiger partial charge in [-0.25, -0.2) is 0 Å². The van der Waals surface area contributed by atoms with Crippen LogP contribution in [0.4, 0.5) is 0 Å². The Morgan fingerprint density at radius 2 is 1.81 bits per heavy atom. The van der Waals surface area contributed by atoms with Crippen LogP contribution in [0.15, 0.2) is 24.3 Å². The molecule has 0 N–H and O–H groups in total. The molecule has 27 heavy (non-hydrogen) atoms. The van der Waals surface area contributed by atoms with Crippen LogP contribution in [0.3, 0.4) is 0 Å². The van der Waals surface area contributed by atoms with Crippen LogP contribution in [0.2, 0.25) is 18.1 Å². The number of amides is 2. The largest absolute Gasteiger partial charge is 0.412 e. The molecule has 5 atom stereocenters. The Kier molecular flexibility index (Phi) is 3.75. The molecule has 6 heteroatoms. The highest BCUT2D eigenvalue weighted by atomic mass is 28.4. The van der Waals surface area contributed by atoms with Gasteiger partial charge in [-0.3, -0.25) is 9.59 Å². The summed E-state index contributed by atoms with van der Waals surface area (Å²) in [7, 11) is 1.64. The van der Waals surface area contributed by atoms with Crippen LogP contribution in [0.5, 0.6) is 0 Å². The second kappa shape index (κ2) is 5.35. The number of carbonyl (C=O) groups excluding carboxylic acids is 2. The van der Waals surface area contributed by atoms with Crippen molar-refractivity contribution in [3.63, 3.8) is 0 Å². The van der Waals surface area contributed by atoms with Crippen molar-refractivity contribution in [2.75, 3.05) is 14.1 Å². The van der Waals surface area contributed by atoms with Gasteiger partial charge in [0, 0.05) is 14.1 Å². The molecular formula is C21H32N2O3Si. The van der Waals surface area contributed by atoms with Gasteiger partial charge in [-0.1, -0.05) is 45.1 Å². The average Bonchev–Trinajstić information content (AvgIpc) is 2.82. The molecule has 7 aliphatic rings.